The highest BCUT2D eigenvalue weighted by Gasteiger charge is 2.03. The van der Waals surface area contributed by atoms with Crippen LogP contribution in [-0.4, -0.2) is 0 Å². The molecule has 0 radical (unpaired) electrons. The van der Waals surface area contributed by atoms with Crippen LogP contribution in [-0.2, 0) is 0 Å². The van der Waals surface area contributed by atoms with E-state index in [9.17, 15) is 0 Å². The van der Waals surface area contributed by atoms with Crippen molar-refractivity contribution >= 4 is 0 Å². The molecule has 0 bridgehead atoms. The van der Waals surface area contributed by atoms with E-state index in [1.165, 1.54) is 62.5 Å². The highest BCUT2D eigenvalue weighted by molar-refractivity contribution is 5.31. The average Bonchev–Trinajstić information content (AvgIpc) is 2.65. The van der Waals surface area contributed by atoms with Crippen molar-refractivity contribution in [2.45, 2.75) is 85.0 Å². The Morgan fingerprint density at radius 3 is 2.35 bits per heavy atom. The van der Waals surface area contributed by atoms with Gasteiger partial charge in [0.2, 0.25) is 0 Å². The number of rotatable bonds is 16. The van der Waals surface area contributed by atoms with Crippen molar-refractivity contribution in [2.24, 2.45) is 5.92 Å². The fourth-order valence-electron chi connectivity index (χ4n) is 3.22. The molecule has 0 aliphatic heterocycles. The molecule has 0 fully saturated rings. The molecule has 146 valence electrons. The summed E-state index contributed by atoms with van der Waals surface area (Å²) < 4.78 is 0. The van der Waals surface area contributed by atoms with Gasteiger partial charge in [-0.05, 0) is 49.7 Å². The van der Waals surface area contributed by atoms with Crippen LogP contribution in [0, 0.1) is 5.92 Å². The Kier molecular flexibility index (Phi) is 17.1. The molecule has 0 aromatic heterocycles. The van der Waals surface area contributed by atoms with Gasteiger partial charge in [-0.1, -0.05) is 114 Å². The summed E-state index contributed by atoms with van der Waals surface area (Å²) in [7, 11) is 0. The van der Waals surface area contributed by atoms with E-state index < -0.39 is 0 Å². The van der Waals surface area contributed by atoms with Gasteiger partial charge < -0.3 is 0 Å². The highest BCUT2D eigenvalue weighted by Crippen LogP contribution is 2.19. The molecule has 0 aliphatic rings. The van der Waals surface area contributed by atoms with Crippen LogP contribution in [0.25, 0.3) is 0 Å². The fourth-order valence-corrected chi connectivity index (χ4v) is 3.22. The third kappa shape index (κ3) is 13.7. The van der Waals surface area contributed by atoms with E-state index in [1.54, 1.807) is 6.08 Å². The number of unbranched alkanes of at least 4 members (excludes halogenated alkanes) is 3. The van der Waals surface area contributed by atoms with Crippen molar-refractivity contribution in [3.05, 3.63) is 72.9 Å². The molecule has 0 nitrogen and oxygen atoms in total. The van der Waals surface area contributed by atoms with Crippen LogP contribution >= 0.6 is 0 Å². The molecule has 0 N–H and O–H groups in total. The summed E-state index contributed by atoms with van der Waals surface area (Å²) in [5.74, 6) is 0.956. The van der Waals surface area contributed by atoms with Gasteiger partial charge >= 0.3 is 0 Å². The molecule has 0 amide bonds. The van der Waals surface area contributed by atoms with Crippen LogP contribution < -0.4 is 0 Å². The molecule has 0 rings (SSSR count). The van der Waals surface area contributed by atoms with Gasteiger partial charge in [0.15, 0.2) is 0 Å². The Hall–Kier alpha value is -1.56. The molecule has 26 heavy (non-hydrogen) atoms. The lowest BCUT2D eigenvalue weighted by Crippen LogP contribution is -1.97. The second-order valence-corrected chi connectivity index (χ2v) is 7.10. The van der Waals surface area contributed by atoms with Gasteiger partial charge in [-0.2, -0.15) is 0 Å². The first-order valence-electron chi connectivity index (χ1n) is 10.6. The topological polar surface area (TPSA) is 0 Å². The van der Waals surface area contributed by atoms with Crippen LogP contribution in [0.3, 0.4) is 0 Å². The lowest BCUT2D eigenvalue weighted by Gasteiger charge is -2.12. The molecule has 0 aromatic carbocycles. The van der Waals surface area contributed by atoms with Crippen molar-refractivity contribution in [3.63, 3.8) is 0 Å². The molecule has 1 atom stereocenters. The van der Waals surface area contributed by atoms with Gasteiger partial charge in [0.05, 0.1) is 0 Å². The summed E-state index contributed by atoms with van der Waals surface area (Å²) in [4.78, 5) is 0. The summed E-state index contributed by atoms with van der Waals surface area (Å²) in [6.07, 6.45) is 29.5. The number of hydrogen-bond donors (Lipinski definition) is 0. The maximum atomic E-state index is 3.98. The Morgan fingerprint density at radius 1 is 0.885 bits per heavy atom. The van der Waals surface area contributed by atoms with E-state index in [1.807, 2.05) is 18.2 Å². The summed E-state index contributed by atoms with van der Waals surface area (Å²) in [5, 5.41) is 0. The normalized spacial score (nSPS) is 14.3. The first-order valence-corrected chi connectivity index (χ1v) is 10.6. The van der Waals surface area contributed by atoms with E-state index in [4.69, 9.17) is 0 Å². The zero-order chi connectivity index (χ0) is 19.5. The Morgan fingerprint density at radius 2 is 1.69 bits per heavy atom. The lowest BCUT2D eigenvalue weighted by atomic mass is 9.94. The van der Waals surface area contributed by atoms with Crippen molar-refractivity contribution in [3.8, 4) is 0 Å². The zero-order valence-electron chi connectivity index (χ0n) is 17.7. The second kappa shape index (κ2) is 18.2. The van der Waals surface area contributed by atoms with Crippen molar-refractivity contribution in [1.29, 1.82) is 0 Å². The Balaban J connectivity index is 4.08. The zero-order valence-corrected chi connectivity index (χ0v) is 17.7. The van der Waals surface area contributed by atoms with E-state index in [-0.39, 0.29) is 0 Å². The first-order chi connectivity index (χ1) is 12.7. The smallest absolute Gasteiger partial charge is 0.0242 e. The number of hydrogen-bond acceptors (Lipinski definition) is 0. The summed E-state index contributed by atoms with van der Waals surface area (Å²) in [6.45, 7) is 14.5. The SMILES string of the molecule is C=CC=CC=CCCC(C=C)=C(C)C=CCCCCCC(CC)CCC. The molecule has 0 aliphatic carbocycles. The first kappa shape index (κ1) is 24.4. The van der Waals surface area contributed by atoms with Crippen molar-refractivity contribution in [1.82, 2.24) is 0 Å². The molecular weight excluding hydrogens is 312 g/mol. The molecule has 0 saturated heterocycles. The molecule has 0 heterocycles. The standard InChI is InChI=1S/C26H42/c1-6-10-11-12-16-19-23-26(9-4)24(5)21-17-14-13-15-18-22-25(8-3)20-7-2/h6,9-12,16-17,21,25H,1,4,7-8,13-15,18-20,22-23H2,2-3,5H3. The van der Waals surface area contributed by atoms with E-state index in [2.05, 4.69) is 58.2 Å². The maximum Gasteiger partial charge on any atom is -0.0242 e. The molecule has 1 unspecified atom stereocenters. The largest absolute Gasteiger partial charge is 0.0991 e. The minimum absolute atomic E-state index is 0.956. The van der Waals surface area contributed by atoms with E-state index >= 15 is 0 Å². The van der Waals surface area contributed by atoms with Gasteiger partial charge in [-0.3, -0.25) is 0 Å². The third-order valence-electron chi connectivity index (χ3n) is 4.95. The molecule has 0 heteroatoms. The summed E-state index contributed by atoms with van der Waals surface area (Å²) >= 11 is 0. The van der Waals surface area contributed by atoms with Crippen LogP contribution in [0.15, 0.2) is 72.9 Å². The quantitative estimate of drug-likeness (QED) is 0.192. The maximum absolute atomic E-state index is 3.98. The van der Waals surface area contributed by atoms with Gasteiger partial charge in [0, 0.05) is 0 Å². The van der Waals surface area contributed by atoms with E-state index in [0.29, 0.717) is 0 Å². The van der Waals surface area contributed by atoms with Crippen LogP contribution in [0.2, 0.25) is 0 Å². The second-order valence-electron chi connectivity index (χ2n) is 7.10. The molecule has 0 saturated carbocycles. The van der Waals surface area contributed by atoms with Gasteiger partial charge in [-0.25, -0.2) is 0 Å². The minimum atomic E-state index is 0.956. The lowest BCUT2D eigenvalue weighted by molar-refractivity contribution is 0.411. The Labute approximate surface area is 164 Å². The summed E-state index contributed by atoms with van der Waals surface area (Å²) in [5.41, 5.74) is 2.70. The predicted molar refractivity (Wildman–Crippen MR) is 122 cm³/mol. The Bertz CT molecular complexity index is 470. The number of allylic oxidation sites excluding steroid dienone is 10. The third-order valence-corrected chi connectivity index (χ3v) is 4.95. The fraction of sp³-hybridized carbons (Fsp3) is 0.538. The highest BCUT2D eigenvalue weighted by atomic mass is 14.1. The van der Waals surface area contributed by atoms with Gasteiger partial charge in [-0.15, -0.1) is 0 Å². The minimum Gasteiger partial charge on any atom is -0.0991 e. The van der Waals surface area contributed by atoms with Crippen molar-refractivity contribution in [2.75, 3.05) is 0 Å². The predicted octanol–water partition coefficient (Wildman–Crippen LogP) is 8.90. The van der Waals surface area contributed by atoms with Crippen LogP contribution in [0.4, 0.5) is 0 Å². The van der Waals surface area contributed by atoms with Crippen LogP contribution in [0.5, 0.6) is 0 Å². The monoisotopic (exact) mass is 354 g/mol. The molecular formula is C26H42. The van der Waals surface area contributed by atoms with Crippen LogP contribution in [0.1, 0.15) is 85.0 Å². The molecule has 0 spiro atoms. The van der Waals surface area contributed by atoms with Crippen molar-refractivity contribution < 1.29 is 0 Å². The van der Waals surface area contributed by atoms with E-state index in [0.717, 1.165) is 18.8 Å². The summed E-state index contributed by atoms with van der Waals surface area (Å²) in [6, 6.07) is 0. The van der Waals surface area contributed by atoms with Gasteiger partial charge in [0.1, 0.15) is 0 Å². The molecule has 0 aromatic rings. The average molecular weight is 355 g/mol. The van der Waals surface area contributed by atoms with Gasteiger partial charge in [0.25, 0.3) is 0 Å².